The Balaban J connectivity index is 1.41. The molecular weight excluding hydrogens is 294 g/mol. The van der Waals surface area contributed by atoms with Gasteiger partial charge in [-0.25, -0.2) is 0 Å². The van der Waals surface area contributed by atoms with E-state index in [1.807, 2.05) is 12.1 Å². The van der Waals surface area contributed by atoms with Crippen LogP contribution < -0.4 is 11.1 Å². The lowest BCUT2D eigenvalue weighted by Crippen LogP contribution is -2.44. The summed E-state index contributed by atoms with van der Waals surface area (Å²) in [6.07, 6.45) is 9.75. The van der Waals surface area contributed by atoms with E-state index in [0.29, 0.717) is 6.04 Å². The van der Waals surface area contributed by atoms with Crippen molar-refractivity contribution in [3.05, 3.63) is 24.3 Å². The Morgan fingerprint density at radius 3 is 2.42 bits per heavy atom. The second-order valence-corrected chi connectivity index (χ2v) is 8.63. The Kier molecular flexibility index (Phi) is 4.46. The molecule has 0 amide bonds. The van der Waals surface area contributed by atoms with Gasteiger partial charge >= 0.3 is 0 Å². The summed E-state index contributed by atoms with van der Waals surface area (Å²) >= 11 is 0. The average Bonchev–Trinajstić information content (AvgIpc) is 3.14. The molecule has 2 aliphatic heterocycles. The van der Waals surface area contributed by atoms with Gasteiger partial charge in [0.05, 0.1) is 11.4 Å². The van der Waals surface area contributed by atoms with Gasteiger partial charge in [-0.3, -0.25) is 4.90 Å². The zero-order valence-electron chi connectivity index (χ0n) is 15.2. The number of para-hydroxylation sites is 2. The van der Waals surface area contributed by atoms with Crippen LogP contribution in [-0.4, -0.2) is 29.1 Å². The Morgan fingerprint density at radius 1 is 1.00 bits per heavy atom. The van der Waals surface area contributed by atoms with Gasteiger partial charge in [0.15, 0.2) is 0 Å². The molecule has 3 N–H and O–H groups in total. The molecule has 4 rings (SSSR count). The van der Waals surface area contributed by atoms with E-state index in [4.69, 9.17) is 5.73 Å². The van der Waals surface area contributed by atoms with Crippen molar-refractivity contribution in [1.29, 1.82) is 0 Å². The fourth-order valence-corrected chi connectivity index (χ4v) is 5.65. The van der Waals surface area contributed by atoms with Crippen molar-refractivity contribution in [2.24, 2.45) is 11.8 Å². The highest BCUT2D eigenvalue weighted by molar-refractivity contribution is 5.66. The van der Waals surface area contributed by atoms with E-state index in [0.717, 1.165) is 41.3 Å². The van der Waals surface area contributed by atoms with Gasteiger partial charge in [-0.1, -0.05) is 26.0 Å². The van der Waals surface area contributed by atoms with E-state index in [1.54, 1.807) is 0 Å². The van der Waals surface area contributed by atoms with Gasteiger partial charge in [0, 0.05) is 24.2 Å². The van der Waals surface area contributed by atoms with E-state index >= 15 is 0 Å². The number of nitrogens with two attached hydrogens (primary N) is 1. The molecule has 2 heterocycles. The number of anilines is 2. The van der Waals surface area contributed by atoms with Gasteiger partial charge < -0.3 is 11.1 Å². The van der Waals surface area contributed by atoms with Crippen LogP contribution in [0.5, 0.6) is 0 Å². The molecule has 132 valence electrons. The molecule has 2 bridgehead atoms. The van der Waals surface area contributed by atoms with Gasteiger partial charge in [-0.2, -0.15) is 0 Å². The minimum absolute atomic E-state index is 0.580. The molecule has 1 aromatic rings. The number of hydrogen-bond acceptors (Lipinski definition) is 3. The highest BCUT2D eigenvalue weighted by atomic mass is 15.3. The maximum Gasteiger partial charge on any atom is 0.0576 e. The van der Waals surface area contributed by atoms with Gasteiger partial charge in [0.2, 0.25) is 0 Å². The monoisotopic (exact) mass is 327 g/mol. The van der Waals surface area contributed by atoms with Crippen molar-refractivity contribution in [2.45, 2.75) is 83.0 Å². The average molecular weight is 328 g/mol. The smallest absolute Gasteiger partial charge is 0.0576 e. The Hall–Kier alpha value is -1.22. The Bertz CT molecular complexity index is 562. The summed E-state index contributed by atoms with van der Waals surface area (Å²) in [5.41, 5.74) is 8.14. The number of hydrogen-bond donors (Lipinski definition) is 2. The van der Waals surface area contributed by atoms with Gasteiger partial charge in [0.1, 0.15) is 0 Å². The van der Waals surface area contributed by atoms with Crippen molar-refractivity contribution in [1.82, 2.24) is 4.90 Å². The first kappa shape index (κ1) is 16.3. The van der Waals surface area contributed by atoms with Crippen molar-refractivity contribution >= 4 is 11.4 Å². The number of benzene rings is 1. The molecule has 0 unspecified atom stereocenters. The van der Waals surface area contributed by atoms with Crippen molar-refractivity contribution in [2.75, 3.05) is 11.1 Å². The number of nitrogens with zero attached hydrogens (tertiary/aromatic N) is 1. The summed E-state index contributed by atoms with van der Waals surface area (Å²) in [5.74, 6) is 1.82. The first-order valence-corrected chi connectivity index (χ1v) is 10.0. The summed E-state index contributed by atoms with van der Waals surface area (Å²) in [5, 5.41) is 3.77. The van der Waals surface area contributed by atoms with Crippen LogP contribution in [0, 0.1) is 11.8 Å². The second kappa shape index (κ2) is 6.59. The summed E-state index contributed by atoms with van der Waals surface area (Å²) in [4.78, 5) is 2.91. The van der Waals surface area contributed by atoms with Crippen LogP contribution >= 0.6 is 0 Å². The van der Waals surface area contributed by atoms with Crippen LogP contribution in [-0.2, 0) is 0 Å². The maximum atomic E-state index is 6.14. The van der Waals surface area contributed by atoms with Crippen molar-refractivity contribution < 1.29 is 0 Å². The number of nitrogen functional groups attached to an aromatic ring is 1. The molecular formula is C21H33N3. The third kappa shape index (κ3) is 2.92. The van der Waals surface area contributed by atoms with Crippen LogP contribution in [0.25, 0.3) is 0 Å². The molecule has 3 atom stereocenters. The fraction of sp³-hybridized carbons (Fsp3) is 0.714. The van der Waals surface area contributed by atoms with Crippen LogP contribution in [0.15, 0.2) is 24.3 Å². The summed E-state index contributed by atoms with van der Waals surface area (Å²) in [7, 11) is 0. The van der Waals surface area contributed by atoms with Crippen LogP contribution in [0.4, 0.5) is 11.4 Å². The van der Waals surface area contributed by atoms with E-state index in [9.17, 15) is 0 Å². The molecule has 3 nitrogen and oxygen atoms in total. The normalized spacial score (nSPS) is 36.4. The topological polar surface area (TPSA) is 41.3 Å². The molecule has 0 aromatic heterocycles. The summed E-state index contributed by atoms with van der Waals surface area (Å²) in [6.45, 7) is 4.80. The van der Waals surface area contributed by atoms with Gasteiger partial charge in [-0.15, -0.1) is 0 Å². The number of rotatable bonds is 4. The highest BCUT2D eigenvalue weighted by Crippen LogP contribution is 2.44. The van der Waals surface area contributed by atoms with E-state index < -0.39 is 0 Å². The lowest BCUT2D eigenvalue weighted by molar-refractivity contribution is 0.108. The minimum Gasteiger partial charge on any atom is -0.397 e. The molecule has 3 aliphatic rings. The van der Waals surface area contributed by atoms with Gasteiger partial charge in [-0.05, 0) is 68.9 Å². The van der Waals surface area contributed by atoms with Crippen molar-refractivity contribution in [3.8, 4) is 0 Å². The molecule has 3 heteroatoms. The third-order valence-corrected chi connectivity index (χ3v) is 7.00. The summed E-state index contributed by atoms with van der Waals surface area (Å²) in [6, 6.07) is 11.2. The van der Waals surface area contributed by atoms with Crippen LogP contribution in [0.3, 0.4) is 0 Å². The number of nitrogens with one attached hydrogen (secondary N) is 1. The van der Waals surface area contributed by atoms with E-state index in [2.05, 4.69) is 36.2 Å². The first-order valence-electron chi connectivity index (χ1n) is 10.0. The van der Waals surface area contributed by atoms with E-state index in [-0.39, 0.29) is 0 Å². The van der Waals surface area contributed by atoms with Crippen LogP contribution in [0.2, 0.25) is 0 Å². The first-order chi connectivity index (χ1) is 11.6. The Labute approximate surface area is 147 Å². The minimum atomic E-state index is 0.580. The molecule has 0 spiro atoms. The van der Waals surface area contributed by atoms with E-state index in [1.165, 1.54) is 44.9 Å². The zero-order chi connectivity index (χ0) is 16.7. The van der Waals surface area contributed by atoms with Crippen LogP contribution in [0.1, 0.15) is 58.8 Å². The largest absolute Gasteiger partial charge is 0.397 e. The summed E-state index contributed by atoms with van der Waals surface area (Å²) < 4.78 is 0. The highest BCUT2D eigenvalue weighted by Gasteiger charge is 2.49. The fourth-order valence-electron chi connectivity index (χ4n) is 5.65. The lowest BCUT2D eigenvalue weighted by Gasteiger charge is -2.39. The molecule has 0 radical (unpaired) electrons. The maximum absolute atomic E-state index is 6.14. The molecule has 1 saturated carbocycles. The van der Waals surface area contributed by atoms with Crippen molar-refractivity contribution in [3.63, 3.8) is 0 Å². The predicted octanol–water partition coefficient (Wildman–Crippen LogP) is 4.50. The standard InChI is InChI=1S/C21H33N3/c1-14(2)15-7-9-16(10-8-15)24-17-11-12-21(24)20(13-17)23-19-6-4-3-5-18(19)22/h3-6,14-17,20-21,23H,7-13,22H2,1-2H3/t15-,16+,17-,20+,21+/m0/s1. The molecule has 3 fully saturated rings. The SMILES string of the molecule is CC(C)[C@H]1CC[C@@H](N2[C@H]3CC[C@@H]2[C@H](Nc2ccccc2N)C3)CC1. The molecule has 1 aromatic carbocycles. The van der Waals surface area contributed by atoms with Gasteiger partial charge in [0.25, 0.3) is 0 Å². The molecule has 1 aliphatic carbocycles. The quantitative estimate of drug-likeness (QED) is 0.800. The second-order valence-electron chi connectivity index (χ2n) is 8.63. The molecule has 2 saturated heterocycles. The third-order valence-electron chi connectivity index (χ3n) is 7.00. The predicted molar refractivity (Wildman–Crippen MR) is 102 cm³/mol. The molecule has 24 heavy (non-hydrogen) atoms. The number of fused-ring (bicyclic) bond motifs is 2. The zero-order valence-corrected chi connectivity index (χ0v) is 15.2. The Morgan fingerprint density at radius 2 is 1.71 bits per heavy atom. The lowest BCUT2D eigenvalue weighted by atomic mass is 9.79.